The first kappa shape index (κ1) is 12.1. The Bertz CT molecular complexity index is 429. The Morgan fingerprint density at radius 3 is 2.53 bits per heavy atom. The number of hydrogen-bond acceptors (Lipinski definition) is 2. The van der Waals surface area contributed by atoms with Gasteiger partial charge in [0.1, 0.15) is 0 Å². The second-order valence-electron chi connectivity index (χ2n) is 5.22. The fourth-order valence-electron chi connectivity index (χ4n) is 3.10. The second-order valence-corrected chi connectivity index (χ2v) is 5.22. The lowest BCUT2D eigenvalue weighted by atomic mass is 9.54. The molecule has 0 bridgehead atoms. The summed E-state index contributed by atoms with van der Waals surface area (Å²) >= 11 is 0. The van der Waals surface area contributed by atoms with Gasteiger partial charge in [-0.05, 0) is 48.9 Å². The molecule has 0 aromatic heterocycles. The van der Waals surface area contributed by atoms with Gasteiger partial charge in [-0.3, -0.25) is 0 Å². The number of benzene rings is 1. The number of hydrogen-bond donors (Lipinski definition) is 1. The molecule has 1 aliphatic carbocycles. The van der Waals surface area contributed by atoms with Crippen molar-refractivity contribution in [1.82, 2.24) is 5.32 Å². The summed E-state index contributed by atoms with van der Waals surface area (Å²) in [6.07, 6.45) is 2.38. The molecule has 0 saturated heterocycles. The minimum absolute atomic E-state index is 0.350. The summed E-state index contributed by atoms with van der Waals surface area (Å²) in [4.78, 5) is 0. The van der Waals surface area contributed by atoms with E-state index in [9.17, 15) is 0 Å². The molecule has 0 amide bonds. The van der Waals surface area contributed by atoms with Gasteiger partial charge in [-0.1, -0.05) is 26.0 Å². The van der Waals surface area contributed by atoms with E-state index in [1.54, 1.807) is 0 Å². The van der Waals surface area contributed by atoms with Crippen LogP contribution in [0.1, 0.15) is 43.7 Å². The van der Waals surface area contributed by atoms with E-state index >= 15 is 0 Å². The number of nitriles is 1. The van der Waals surface area contributed by atoms with Crippen molar-refractivity contribution in [2.45, 2.75) is 38.6 Å². The van der Waals surface area contributed by atoms with Crippen LogP contribution in [0.2, 0.25) is 0 Å². The van der Waals surface area contributed by atoms with Gasteiger partial charge in [0.2, 0.25) is 0 Å². The Hall–Kier alpha value is -1.33. The van der Waals surface area contributed by atoms with Gasteiger partial charge in [0.15, 0.2) is 0 Å². The molecule has 2 nitrogen and oxygen atoms in total. The summed E-state index contributed by atoms with van der Waals surface area (Å²) < 4.78 is 0. The SMILES string of the molecule is CCC1(C)C(NC)CC1c1ccc(C#N)cc1. The predicted molar refractivity (Wildman–Crippen MR) is 69.8 cm³/mol. The van der Waals surface area contributed by atoms with Crippen molar-refractivity contribution in [2.75, 3.05) is 7.05 Å². The molecule has 2 heteroatoms. The van der Waals surface area contributed by atoms with Crippen molar-refractivity contribution in [3.8, 4) is 6.07 Å². The van der Waals surface area contributed by atoms with Gasteiger partial charge in [0.05, 0.1) is 11.6 Å². The third-order valence-electron chi connectivity index (χ3n) is 4.62. The quantitative estimate of drug-likeness (QED) is 0.863. The lowest BCUT2D eigenvalue weighted by molar-refractivity contribution is 0.0495. The fraction of sp³-hybridized carbons (Fsp3) is 0.533. The zero-order valence-electron chi connectivity index (χ0n) is 10.8. The van der Waals surface area contributed by atoms with Gasteiger partial charge in [0.25, 0.3) is 0 Å². The molecule has 1 aromatic carbocycles. The summed E-state index contributed by atoms with van der Waals surface area (Å²) in [6.45, 7) is 4.63. The first-order valence-electron chi connectivity index (χ1n) is 6.33. The molecule has 1 N–H and O–H groups in total. The third kappa shape index (κ3) is 1.85. The molecule has 1 saturated carbocycles. The molecule has 3 atom stereocenters. The standard InChI is InChI=1S/C15H20N2/c1-4-15(2)13(9-14(15)17-3)12-7-5-11(10-16)6-8-12/h5-8,13-14,17H,4,9H2,1-3H3. The van der Waals surface area contributed by atoms with Crippen LogP contribution in [0.25, 0.3) is 0 Å². The minimum atomic E-state index is 0.350. The average Bonchev–Trinajstić information content (AvgIpc) is 2.38. The van der Waals surface area contributed by atoms with E-state index < -0.39 is 0 Å². The predicted octanol–water partition coefficient (Wildman–Crippen LogP) is 3.05. The number of nitrogens with zero attached hydrogens (tertiary/aromatic N) is 1. The Kier molecular flexibility index (Phi) is 3.22. The van der Waals surface area contributed by atoms with E-state index in [2.05, 4.69) is 37.4 Å². The molecule has 0 radical (unpaired) electrons. The molecule has 17 heavy (non-hydrogen) atoms. The van der Waals surface area contributed by atoms with Crippen LogP contribution in [0.15, 0.2) is 24.3 Å². The molecule has 1 aromatic rings. The highest BCUT2D eigenvalue weighted by Crippen LogP contribution is 2.54. The Morgan fingerprint density at radius 2 is 2.06 bits per heavy atom. The van der Waals surface area contributed by atoms with Gasteiger partial charge in [-0.15, -0.1) is 0 Å². The largest absolute Gasteiger partial charge is 0.316 e. The Labute approximate surface area is 104 Å². The molecule has 0 aliphatic heterocycles. The van der Waals surface area contributed by atoms with Crippen LogP contribution >= 0.6 is 0 Å². The van der Waals surface area contributed by atoms with E-state index in [0.717, 1.165) is 5.56 Å². The summed E-state index contributed by atoms with van der Waals surface area (Å²) in [6, 6.07) is 10.9. The van der Waals surface area contributed by atoms with E-state index in [0.29, 0.717) is 17.4 Å². The van der Waals surface area contributed by atoms with Crippen molar-refractivity contribution < 1.29 is 0 Å². The van der Waals surface area contributed by atoms with Crippen LogP contribution in [-0.2, 0) is 0 Å². The molecule has 0 heterocycles. The molecular formula is C15H20N2. The van der Waals surface area contributed by atoms with Gasteiger partial charge >= 0.3 is 0 Å². The Balaban J connectivity index is 2.21. The molecular weight excluding hydrogens is 208 g/mol. The zero-order valence-corrected chi connectivity index (χ0v) is 10.8. The first-order chi connectivity index (χ1) is 8.15. The summed E-state index contributed by atoms with van der Waals surface area (Å²) in [5.74, 6) is 0.623. The van der Waals surface area contributed by atoms with Gasteiger partial charge in [-0.2, -0.15) is 5.26 Å². The third-order valence-corrected chi connectivity index (χ3v) is 4.62. The lowest BCUT2D eigenvalue weighted by Gasteiger charge is -2.54. The molecule has 0 spiro atoms. The van der Waals surface area contributed by atoms with E-state index in [1.807, 2.05) is 19.2 Å². The summed E-state index contributed by atoms with van der Waals surface area (Å²) in [5, 5.41) is 12.2. The highest BCUT2D eigenvalue weighted by molar-refractivity contribution is 5.35. The molecule has 2 rings (SSSR count). The summed E-state index contributed by atoms with van der Waals surface area (Å²) in [5.41, 5.74) is 2.47. The lowest BCUT2D eigenvalue weighted by Crippen LogP contribution is -2.55. The molecule has 90 valence electrons. The van der Waals surface area contributed by atoms with Crippen molar-refractivity contribution >= 4 is 0 Å². The van der Waals surface area contributed by atoms with Gasteiger partial charge in [0, 0.05) is 6.04 Å². The number of nitrogens with one attached hydrogen (secondary N) is 1. The highest BCUT2D eigenvalue weighted by atomic mass is 14.9. The van der Waals surface area contributed by atoms with Crippen LogP contribution < -0.4 is 5.32 Å². The first-order valence-corrected chi connectivity index (χ1v) is 6.33. The molecule has 1 fully saturated rings. The van der Waals surface area contributed by atoms with E-state index in [-0.39, 0.29) is 0 Å². The van der Waals surface area contributed by atoms with Gasteiger partial charge in [-0.25, -0.2) is 0 Å². The molecule has 1 aliphatic rings. The van der Waals surface area contributed by atoms with Crippen LogP contribution in [0, 0.1) is 16.7 Å². The summed E-state index contributed by atoms with van der Waals surface area (Å²) in [7, 11) is 2.05. The maximum Gasteiger partial charge on any atom is 0.0991 e. The minimum Gasteiger partial charge on any atom is -0.316 e. The monoisotopic (exact) mass is 228 g/mol. The molecule has 3 unspecified atom stereocenters. The second kappa shape index (κ2) is 4.50. The van der Waals surface area contributed by atoms with Crippen molar-refractivity contribution in [3.05, 3.63) is 35.4 Å². The van der Waals surface area contributed by atoms with Crippen LogP contribution in [-0.4, -0.2) is 13.1 Å². The van der Waals surface area contributed by atoms with Crippen molar-refractivity contribution in [2.24, 2.45) is 5.41 Å². The van der Waals surface area contributed by atoms with Crippen LogP contribution in [0.4, 0.5) is 0 Å². The van der Waals surface area contributed by atoms with Crippen LogP contribution in [0.3, 0.4) is 0 Å². The van der Waals surface area contributed by atoms with E-state index in [4.69, 9.17) is 5.26 Å². The zero-order chi connectivity index (χ0) is 12.5. The topological polar surface area (TPSA) is 35.8 Å². The van der Waals surface area contributed by atoms with Crippen LogP contribution in [0.5, 0.6) is 0 Å². The average molecular weight is 228 g/mol. The maximum absolute atomic E-state index is 8.81. The Morgan fingerprint density at radius 1 is 1.41 bits per heavy atom. The van der Waals surface area contributed by atoms with E-state index in [1.165, 1.54) is 18.4 Å². The highest BCUT2D eigenvalue weighted by Gasteiger charge is 2.49. The van der Waals surface area contributed by atoms with Gasteiger partial charge < -0.3 is 5.32 Å². The normalized spacial score (nSPS) is 31.6. The van der Waals surface area contributed by atoms with Crippen molar-refractivity contribution in [3.63, 3.8) is 0 Å². The number of rotatable bonds is 3. The maximum atomic E-state index is 8.81. The smallest absolute Gasteiger partial charge is 0.0991 e. The fourth-order valence-corrected chi connectivity index (χ4v) is 3.10. The van der Waals surface area contributed by atoms with Crippen molar-refractivity contribution in [1.29, 1.82) is 5.26 Å².